The first kappa shape index (κ1) is 21.6. The molecule has 3 aromatic rings. The van der Waals surface area contributed by atoms with E-state index in [1.54, 1.807) is 55.8 Å². The van der Waals surface area contributed by atoms with Crippen molar-refractivity contribution in [3.63, 3.8) is 0 Å². The van der Waals surface area contributed by atoms with Crippen LogP contribution in [-0.2, 0) is 9.59 Å². The van der Waals surface area contributed by atoms with Gasteiger partial charge in [-0.3, -0.25) is 4.79 Å². The SMILES string of the molecule is COc1cccc(OCC(=O)Oc2ccc(/C=C/c3ccnc(NC(C)=O)c3)cc2)c1. The van der Waals surface area contributed by atoms with Crippen LogP contribution in [0.5, 0.6) is 17.2 Å². The van der Waals surface area contributed by atoms with E-state index in [-0.39, 0.29) is 12.5 Å². The van der Waals surface area contributed by atoms with Gasteiger partial charge in [0, 0.05) is 19.2 Å². The van der Waals surface area contributed by atoms with Gasteiger partial charge in [-0.2, -0.15) is 0 Å². The summed E-state index contributed by atoms with van der Waals surface area (Å²) < 4.78 is 15.8. The highest BCUT2D eigenvalue weighted by Gasteiger charge is 2.07. The molecule has 0 unspecified atom stereocenters. The van der Waals surface area contributed by atoms with E-state index in [9.17, 15) is 9.59 Å². The molecule has 2 aromatic carbocycles. The molecule has 0 aliphatic rings. The monoisotopic (exact) mass is 418 g/mol. The van der Waals surface area contributed by atoms with Crippen molar-refractivity contribution >= 4 is 29.8 Å². The molecule has 1 N–H and O–H groups in total. The lowest BCUT2D eigenvalue weighted by molar-refractivity contribution is -0.136. The predicted molar refractivity (Wildman–Crippen MR) is 118 cm³/mol. The summed E-state index contributed by atoms with van der Waals surface area (Å²) in [6.45, 7) is 1.22. The second-order valence-corrected chi connectivity index (χ2v) is 6.50. The normalized spacial score (nSPS) is 10.5. The first-order valence-corrected chi connectivity index (χ1v) is 9.51. The van der Waals surface area contributed by atoms with Crippen LogP contribution < -0.4 is 19.5 Å². The second kappa shape index (κ2) is 10.6. The quantitative estimate of drug-likeness (QED) is 0.436. The number of benzene rings is 2. The van der Waals surface area contributed by atoms with E-state index in [2.05, 4.69) is 10.3 Å². The minimum absolute atomic E-state index is 0.173. The van der Waals surface area contributed by atoms with Gasteiger partial charge < -0.3 is 19.5 Å². The van der Waals surface area contributed by atoms with Gasteiger partial charge in [0.05, 0.1) is 7.11 Å². The van der Waals surface area contributed by atoms with Crippen molar-refractivity contribution in [1.29, 1.82) is 0 Å². The maximum absolute atomic E-state index is 12.0. The van der Waals surface area contributed by atoms with Crippen LogP contribution >= 0.6 is 0 Å². The Bertz CT molecular complexity index is 1080. The molecule has 31 heavy (non-hydrogen) atoms. The topological polar surface area (TPSA) is 86.8 Å². The molecular weight excluding hydrogens is 396 g/mol. The molecule has 1 aromatic heterocycles. The summed E-state index contributed by atoms with van der Waals surface area (Å²) in [5.74, 6) is 1.41. The Morgan fingerprint density at radius 1 is 0.935 bits per heavy atom. The summed E-state index contributed by atoms with van der Waals surface area (Å²) in [7, 11) is 1.56. The molecule has 0 saturated carbocycles. The predicted octanol–water partition coefficient (Wildman–Crippen LogP) is 4.20. The number of hydrogen-bond acceptors (Lipinski definition) is 6. The van der Waals surface area contributed by atoms with Crippen LogP contribution in [0.3, 0.4) is 0 Å². The molecule has 158 valence electrons. The number of carbonyl (C=O) groups excluding carboxylic acids is 2. The molecule has 0 fully saturated rings. The number of nitrogens with zero attached hydrogens (tertiary/aromatic N) is 1. The Morgan fingerprint density at radius 2 is 1.68 bits per heavy atom. The van der Waals surface area contributed by atoms with E-state index in [1.165, 1.54) is 6.92 Å². The maximum atomic E-state index is 12.0. The Hall–Kier alpha value is -4.13. The number of hydrogen-bond donors (Lipinski definition) is 1. The number of methoxy groups -OCH3 is 1. The minimum atomic E-state index is -0.506. The number of aromatic nitrogens is 1. The van der Waals surface area contributed by atoms with Gasteiger partial charge in [0.25, 0.3) is 0 Å². The molecule has 0 aliphatic heterocycles. The van der Waals surface area contributed by atoms with Gasteiger partial charge in [0.2, 0.25) is 5.91 Å². The first-order valence-electron chi connectivity index (χ1n) is 9.51. The van der Waals surface area contributed by atoms with Gasteiger partial charge in [0.15, 0.2) is 6.61 Å². The molecule has 1 heterocycles. The van der Waals surface area contributed by atoms with Crippen molar-refractivity contribution in [1.82, 2.24) is 4.98 Å². The van der Waals surface area contributed by atoms with Gasteiger partial charge in [-0.25, -0.2) is 9.78 Å². The Morgan fingerprint density at radius 3 is 2.42 bits per heavy atom. The summed E-state index contributed by atoms with van der Waals surface area (Å²) >= 11 is 0. The van der Waals surface area contributed by atoms with Crippen LogP contribution in [0.2, 0.25) is 0 Å². The van der Waals surface area contributed by atoms with Gasteiger partial charge in [-0.15, -0.1) is 0 Å². The average molecular weight is 418 g/mol. The van der Waals surface area contributed by atoms with Crippen molar-refractivity contribution in [3.05, 3.63) is 78.0 Å². The number of pyridine rings is 1. The van der Waals surface area contributed by atoms with Crippen molar-refractivity contribution in [3.8, 4) is 17.2 Å². The van der Waals surface area contributed by atoms with Gasteiger partial charge in [0.1, 0.15) is 23.1 Å². The zero-order valence-corrected chi connectivity index (χ0v) is 17.2. The zero-order valence-electron chi connectivity index (χ0n) is 17.2. The lowest BCUT2D eigenvalue weighted by Gasteiger charge is -2.08. The molecule has 7 heteroatoms. The second-order valence-electron chi connectivity index (χ2n) is 6.50. The van der Waals surface area contributed by atoms with Crippen LogP contribution in [0.25, 0.3) is 12.2 Å². The van der Waals surface area contributed by atoms with Crippen LogP contribution in [0, 0.1) is 0 Å². The fourth-order valence-corrected chi connectivity index (χ4v) is 2.63. The van der Waals surface area contributed by atoms with E-state index in [4.69, 9.17) is 14.2 Å². The minimum Gasteiger partial charge on any atom is -0.497 e. The molecule has 0 spiro atoms. The fraction of sp³-hybridized carbons (Fsp3) is 0.125. The highest BCUT2D eigenvalue weighted by Crippen LogP contribution is 2.19. The van der Waals surface area contributed by atoms with E-state index >= 15 is 0 Å². The summed E-state index contributed by atoms with van der Waals surface area (Å²) in [4.78, 5) is 27.2. The van der Waals surface area contributed by atoms with E-state index in [0.717, 1.165) is 11.1 Å². The van der Waals surface area contributed by atoms with E-state index in [1.807, 2.05) is 30.4 Å². The highest BCUT2D eigenvalue weighted by atomic mass is 16.6. The molecule has 0 radical (unpaired) electrons. The number of carbonyl (C=O) groups is 2. The third-order valence-corrected chi connectivity index (χ3v) is 4.07. The van der Waals surface area contributed by atoms with Crippen LogP contribution in [0.4, 0.5) is 5.82 Å². The highest BCUT2D eigenvalue weighted by molar-refractivity contribution is 5.88. The van der Waals surface area contributed by atoms with Crippen molar-refractivity contribution in [2.75, 3.05) is 19.0 Å². The van der Waals surface area contributed by atoms with Gasteiger partial charge in [-0.1, -0.05) is 30.4 Å². The van der Waals surface area contributed by atoms with Gasteiger partial charge in [-0.05, 0) is 47.5 Å². The Kier molecular flexibility index (Phi) is 7.37. The third kappa shape index (κ3) is 7.01. The van der Waals surface area contributed by atoms with E-state index in [0.29, 0.717) is 23.1 Å². The molecular formula is C24H22N2O5. The number of ether oxygens (including phenoxy) is 3. The number of anilines is 1. The standard InChI is InChI=1S/C24H22N2O5/c1-17(27)26-23-14-19(12-13-25-23)7-6-18-8-10-20(11-9-18)31-24(28)16-30-22-5-3-4-21(15-22)29-2/h3-15H,16H2,1-2H3,(H,25,26,27)/b7-6+. The van der Waals surface area contributed by atoms with Crippen LogP contribution in [0.1, 0.15) is 18.1 Å². The largest absolute Gasteiger partial charge is 0.497 e. The fourth-order valence-electron chi connectivity index (χ4n) is 2.63. The van der Waals surface area contributed by atoms with Crippen molar-refractivity contribution < 1.29 is 23.8 Å². The van der Waals surface area contributed by atoms with Crippen LogP contribution in [0.15, 0.2) is 66.9 Å². The van der Waals surface area contributed by atoms with Crippen molar-refractivity contribution in [2.45, 2.75) is 6.92 Å². The summed E-state index contributed by atoms with van der Waals surface area (Å²) in [6, 6.07) is 17.7. The van der Waals surface area contributed by atoms with Crippen molar-refractivity contribution in [2.24, 2.45) is 0 Å². The molecule has 0 bridgehead atoms. The molecule has 0 aliphatic carbocycles. The molecule has 7 nitrogen and oxygen atoms in total. The smallest absolute Gasteiger partial charge is 0.349 e. The maximum Gasteiger partial charge on any atom is 0.349 e. The Balaban J connectivity index is 1.53. The molecule has 3 rings (SSSR count). The summed E-state index contributed by atoms with van der Waals surface area (Å²) in [5, 5.41) is 2.65. The van der Waals surface area contributed by atoms with E-state index < -0.39 is 5.97 Å². The zero-order chi connectivity index (χ0) is 22.1. The molecule has 1 amide bonds. The molecule has 0 saturated heterocycles. The first-order chi connectivity index (χ1) is 15.0. The number of amides is 1. The Labute approximate surface area is 180 Å². The molecule has 0 atom stereocenters. The van der Waals surface area contributed by atoms with Gasteiger partial charge >= 0.3 is 5.97 Å². The third-order valence-electron chi connectivity index (χ3n) is 4.07. The number of esters is 1. The summed E-state index contributed by atoms with van der Waals surface area (Å²) in [5.41, 5.74) is 1.81. The number of rotatable bonds is 8. The summed E-state index contributed by atoms with van der Waals surface area (Å²) in [6.07, 6.45) is 5.43. The number of nitrogens with one attached hydrogen (secondary N) is 1. The lowest BCUT2D eigenvalue weighted by Crippen LogP contribution is -2.17. The average Bonchev–Trinajstić information content (AvgIpc) is 2.77. The van der Waals surface area contributed by atoms with Crippen LogP contribution in [-0.4, -0.2) is 30.6 Å². The lowest BCUT2D eigenvalue weighted by atomic mass is 10.1.